The highest BCUT2D eigenvalue weighted by molar-refractivity contribution is 5.86. The van der Waals surface area contributed by atoms with Crippen molar-refractivity contribution in [1.82, 2.24) is 15.5 Å². The van der Waals surface area contributed by atoms with E-state index in [-0.39, 0.29) is 12.5 Å². The first-order valence-electron chi connectivity index (χ1n) is 8.74. The summed E-state index contributed by atoms with van der Waals surface area (Å²) in [6, 6.07) is 8.32. The van der Waals surface area contributed by atoms with Crippen molar-refractivity contribution >= 4 is 17.6 Å². The Morgan fingerprint density at radius 3 is 2.64 bits per heavy atom. The molecule has 0 unspecified atom stereocenters. The Labute approximate surface area is 150 Å². The van der Waals surface area contributed by atoms with Gasteiger partial charge in [0, 0.05) is 39.4 Å². The van der Waals surface area contributed by atoms with Crippen LogP contribution in [0.25, 0.3) is 0 Å². The number of carbonyl (C=O) groups excluding carboxylic acids is 1. The molecule has 2 N–H and O–H groups in total. The molecule has 1 saturated heterocycles. The number of carbonyl (C=O) groups is 1. The Hall–Kier alpha value is -2.28. The number of anilines is 1. The molecule has 25 heavy (non-hydrogen) atoms. The highest BCUT2D eigenvalue weighted by Crippen LogP contribution is 2.22. The number of aliphatic imine (C=N–C) groups is 1. The Kier molecular flexibility index (Phi) is 7.53. The maximum atomic E-state index is 11.7. The molecule has 1 heterocycles. The van der Waals surface area contributed by atoms with Gasteiger partial charge in [-0.3, -0.25) is 4.79 Å². The van der Waals surface area contributed by atoms with Crippen molar-refractivity contribution in [3.05, 3.63) is 29.8 Å². The molecule has 1 aromatic carbocycles. The number of likely N-dealkylation sites (N-methyl/N-ethyl adjacent to an activating group) is 1. The molecule has 1 aliphatic heterocycles. The summed E-state index contributed by atoms with van der Waals surface area (Å²) in [5.41, 5.74) is 2.37. The van der Waals surface area contributed by atoms with Crippen LogP contribution in [0.2, 0.25) is 0 Å². The van der Waals surface area contributed by atoms with Gasteiger partial charge in [0.05, 0.1) is 26.3 Å². The lowest BCUT2D eigenvalue weighted by Crippen LogP contribution is -2.42. The molecule has 0 spiro atoms. The van der Waals surface area contributed by atoms with Gasteiger partial charge in [0.25, 0.3) is 0 Å². The van der Waals surface area contributed by atoms with E-state index in [2.05, 4.69) is 38.7 Å². The zero-order valence-electron chi connectivity index (χ0n) is 15.4. The Morgan fingerprint density at radius 2 is 1.96 bits per heavy atom. The molecule has 2 rings (SSSR count). The van der Waals surface area contributed by atoms with Gasteiger partial charge < -0.3 is 25.2 Å². The number of para-hydroxylation sites is 1. The average Bonchev–Trinajstić information content (AvgIpc) is 2.64. The van der Waals surface area contributed by atoms with Crippen LogP contribution in [0.3, 0.4) is 0 Å². The van der Waals surface area contributed by atoms with Crippen molar-refractivity contribution in [2.45, 2.75) is 13.5 Å². The lowest BCUT2D eigenvalue weighted by molar-refractivity contribution is -0.127. The number of ether oxygens (including phenoxy) is 1. The van der Waals surface area contributed by atoms with Crippen LogP contribution in [0.5, 0.6) is 0 Å². The van der Waals surface area contributed by atoms with Gasteiger partial charge in [-0.1, -0.05) is 18.2 Å². The van der Waals surface area contributed by atoms with Crippen LogP contribution in [-0.2, 0) is 16.1 Å². The van der Waals surface area contributed by atoms with Crippen molar-refractivity contribution in [2.75, 3.05) is 58.4 Å². The standard InChI is InChI=1S/C18H29N5O2/c1-4-19-18(21-14-17(24)22(2)3)20-13-15-7-5-6-8-16(15)23-9-11-25-12-10-23/h5-8H,4,9-14H2,1-3H3,(H2,19,20,21). The summed E-state index contributed by atoms with van der Waals surface area (Å²) in [7, 11) is 3.49. The van der Waals surface area contributed by atoms with Crippen molar-refractivity contribution in [3.8, 4) is 0 Å². The van der Waals surface area contributed by atoms with Crippen molar-refractivity contribution < 1.29 is 9.53 Å². The molecule has 7 heteroatoms. The molecule has 138 valence electrons. The summed E-state index contributed by atoms with van der Waals surface area (Å²) in [6.07, 6.45) is 0. The molecule has 1 amide bonds. The minimum atomic E-state index is 0.0133. The smallest absolute Gasteiger partial charge is 0.241 e. The molecule has 0 bridgehead atoms. The van der Waals surface area contributed by atoms with E-state index < -0.39 is 0 Å². The van der Waals surface area contributed by atoms with E-state index in [1.807, 2.05) is 13.0 Å². The summed E-state index contributed by atoms with van der Waals surface area (Å²) in [6.45, 7) is 6.85. The van der Waals surface area contributed by atoms with Crippen molar-refractivity contribution in [3.63, 3.8) is 0 Å². The average molecular weight is 347 g/mol. The third-order valence-corrected chi connectivity index (χ3v) is 4.00. The molecular formula is C18H29N5O2. The van der Waals surface area contributed by atoms with Crippen LogP contribution >= 0.6 is 0 Å². The van der Waals surface area contributed by atoms with E-state index in [0.29, 0.717) is 12.5 Å². The van der Waals surface area contributed by atoms with Gasteiger partial charge in [0.2, 0.25) is 5.91 Å². The zero-order valence-corrected chi connectivity index (χ0v) is 15.4. The molecule has 0 aromatic heterocycles. The second-order valence-corrected chi connectivity index (χ2v) is 6.07. The number of rotatable bonds is 6. The molecular weight excluding hydrogens is 318 g/mol. The molecule has 1 aromatic rings. The van der Waals surface area contributed by atoms with Crippen LogP contribution in [0, 0.1) is 0 Å². The van der Waals surface area contributed by atoms with Crippen LogP contribution < -0.4 is 15.5 Å². The summed E-state index contributed by atoms with van der Waals surface area (Å²) in [5, 5.41) is 6.27. The van der Waals surface area contributed by atoms with Gasteiger partial charge in [-0.25, -0.2) is 4.99 Å². The number of benzene rings is 1. The van der Waals surface area contributed by atoms with Crippen molar-refractivity contribution in [2.24, 2.45) is 4.99 Å². The largest absolute Gasteiger partial charge is 0.378 e. The van der Waals surface area contributed by atoms with Crippen LogP contribution in [0.1, 0.15) is 12.5 Å². The highest BCUT2D eigenvalue weighted by atomic mass is 16.5. The van der Waals surface area contributed by atoms with E-state index in [4.69, 9.17) is 4.74 Å². The third-order valence-electron chi connectivity index (χ3n) is 4.00. The van der Waals surface area contributed by atoms with Gasteiger partial charge in [-0.2, -0.15) is 0 Å². The molecule has 7 nitrogen and oxygen atoms in total. The van der Waals surface area contributed by atoms with Gasteiger partial charge in [0.15, 0.2) is 5.96 Å². The first kappa shape index (κ1) is 19.1. The quantitative estimate of drug-likeness (QED) is 0.585. The third kappa shape index (κ3) is 5.94. The summed E-state index contributed by atoms with van der Waals surface area (Å²) >= 11 is 0. The Bertz CT molecular complexity index is 583. The van der Waals surface area contributed by atoms with Crippen molar-refractivity contribution in [1.29, 1.82) is 0 Å². The van der Waals surface area contributed by atoms with Gasteiger partial charge >= 0.3 is 0 Å². The number of hydrogen-bond donors (Lipinski definition) is 2. The number of morpholine rings is 1. The highest BCUT2D eigenvalue weighted by Gasteiger charge is 2.14. The second kappa shape index (κ2) is 9.88. The van der Waals surface area contributed by atoms with E-state index in [0.717, 1.165) is 32.8 Å². The molecule has 1 aliphatic rings. The van der Waals surface area contributed by atoms with Crippen LogP contribution in [-0.4, -0.2) is 70.3 Å². The first-order valence-corrected chi connectivity index (χ1v) is 8.74. The number of hydrogen-bond acceptors (Lipinski definition) is 4. The maximum absolute atomic E-state index is 11.7. The lowest BCUT2D eigenvalue weighted by atomic mass is 10.1. The monoisotopic (exact) mass is 347 g/mol. The summed E-state index contributed by atoms with van der Waals surface area (Å²) < 4.78 is 5.44. The van der Waals surface area contributed by atoms with Gasteiger partial charge in [0.1, 0.15) is 0 Å². The number of nitrogens with one attached hydrogen (secondary N) is 2. The first-order chi connectivity index (χ1) is 12.1. The molecule has 0 atom stereocenters. The second-order valence-electron chi connectivity index (χ2n) is 6.07. The van der Waals surface area contributed by atoms with Gasteiger partial charge in [-0.05, 0) is 18.6 Å². The Balaban J connectivity index is 2.05. The topological polar surface area (TPSA) is 69.2 Å². The predicted octanol–water partition coefficient (Wildman–Crippen LogP) is 0.667. The minimum Gasteiger partial charge on any atom is -0.378 e. The zero-order chi connectivity index (χ0) is 18.1. The van der Waals surface area contributed by atoms with Crippen LogP contribution in [0.4, 0.5) is 5.69 Å². The Morgan fingerprint density at radius 1 is 1.24 bits per heavy atom. The molecule has 1 fully saturated rings. The van der Waals surface area contributed by atoms with E-state index >= 15 is 0 Å². The van der Waals surface area contributed by atoms with E-state index in [9.17, 15) is 4.79 Å². The fourth-order valence-electron chi connectivity index (χ4n) is 2.58. The van der Waals surface area contributed by atoms with E-state index in [1.54, 1.807) is 19.0 Å². The normalized spacial score (nSPS) is 15.0. The maximum Gasteiger partial charge on any atom is 0.241 e. The number of guanidine groups is 1. The molecule has 0 saturated carbocycles. The van der Waals surface area contributed by atoms with E-state index in [1.165, 1.54) is 11.3 Å². The number of amides is 1. The fraction of sp³-hybridized carbons (Fsp3) is 0.556. The van der Waals surface area contributed by atoms with Crippen LogP contribution in [0.15, 0.2) is 29.3 Å². The summed E-state index contributed by atoms with van der Waals surface area (Å²) in [4.78, 5) is 20.3. The lowest BCUT2D eigenvalue weighted by Gasteiger charge is -2.30. The fourth-order valence-corrected chi connectivity index (χ4v) is 2.58. The minimum absolute atomic E-state index is 0.0133. The van der Waals surface area contributed by atoms with Gasteiger partial charge in [-0.15, -0.1) is 0 Å². The summed E-state index contributed by atoms with van der Waals surface area (Å²) in [5.74, 6) is 0.661. The SMILES string of the molecule is CCNC(=NCc1ccccc1N1CCOCC1)NCC(=O)N(C)C. The predicted molar refractivity (Wildman–Crippen MR) is 101 cm³/mol. The number of nitrogens with zero attached hydrogens (tertiary/aromatic N) is 3. The molecule has 0 radical (unpaired) electrons. The molecule has 0 aliphatic carbocycles.